The van der Waals surface area contributed by atoms with E-state index in [0.29, 0.717) is 18.2 Å². The summed E-state index contributed by atoms with van der Waals surface area (Å²) in [6.45, 7) is 2.37. The zero-order valence-corrected chi connectivity index (χ0v) is 12.9. The van der Waals surface area contributed by atoms with Crippen LogP contribution in [0.3, 0.4) is 0 Å². The van der Waals surface area contributed by atoms with Crippen molar-refractivity contribution < 1.29 is 23.8 Å². The van der Waals surface area contributed by atoms with Gasteiger partial charge in [-0.25, -0.2) is 4.79 Å². The highest BCUT2D eigenvalue weighted by Crippen LogP contribution is 2.24. The molecule has 0 saturated heterocycles. The van der Waals surface area contributed by atoms with Crippen molar-refractivity contribution in [1.82, 2.24) is 5.32 Å². The van der Waals surface area contributed by atoms with Crippen LogP contribution < -0.4 is 10.1 Å². The fraction of sp³-hybridized carbons (Fsp3) is 0.429. The van der Waals surface area contributed by atoms with Crippen LogP contribution in [0.1, 0.15) is 17.3 Å². The third kappa shape index (κ3) is 5.24. The van der Waals surface area contributed by atoms with E-state index in [0.717, 1.165) is 0 Å². The fourth-order valence-electron chi connectivity index (χ4n) is 1.54. The van der Waals surface area contributed by atoms with Gasteiger partial charge in [-0.2, -0.15) is 0 Å². The number of carbonyl (C=O) groups excluding carboxylic acids is 2. The third-order valence-corrected chi connectivity index (χ3v) is 2.86. The van der Waals surface area contributed by atoms with E-state index in [1.54, 1.807) is 20.1 Å². The molecule has 0 aliphatic carbocycles. The molecule has 0 fully saturated rings. The van der Waals surface area contributed by atoms with Crippen LogP contribution in [0.25, 0.3) is 0 Å². The number of esters is 1. The van der Waals surface area contributed by atoms with Crippen molar-refractivity contribution in [3.8, 4) is 5.75 Å². The maximum absolute atomic E-state index is 11.8. The first-order chi connectivity index (χ1) is 9.99. The third-order valence-electron chi connectivity index (χ3n) is 2.63. The van der Waals surface area contributed by atoms with E-state index in [-0.39, 0.29) is 17.2 Å². The van der Waals surface area contributed by atoms with Crippen molar-refractivity contribution >= 4 is 23.5 Å². The number of ether oxygens (including phenoxy) is 3. The maximum Gasteiger partial charge on any atom is 0.341 e. The van der Waals surface area contributed by atoms with Crippen LogP contribution in [-0.2, 0) is 14.3 Å². The average Bonchev–Trinajstić information content (AvgIpc) is 2.48. The van der Waals surface area contributed by atoms with Gasteiger partial charge in [0.2, 0.25) is 0 Å². The van der Waals surface area contributed by atoms with E-state index in [1.165, 1.54) is 19.2 Å². The summed E-state index contributed by atoms with van der Waals surface area (Å²) in [4.78, 5) is 23.5. The molecule has 1 N–H and O–H groups in total. The Hall–Kier alpha value is -1.79. The molecule has 0 aromatic heterocycles. The molecule has 1 aromatic carbocycles. The van der Waals surface area contributed by atoms with Crippen LogP contribution >= 0.6 is 11.6 Å². The number of benzene rings is 1. The molecule has 0 aliphatic heterocycles. The molecule has 0 spiro atoms. The first kappa shape index (κ1) is 17.3. The van der Waals surface area contributed by atoms with Gasteiger partial charge < -0.3 is 19.5 Å². The summed E-state index contributed by atoms with van der Waals surface area (Å²) in [5, 5.41) is 3.02. The van der Waals surface area contributed by atoms with Gasteiger partial charge in [0.25, 0.3) is 5.91 Å². The number of amides is 1. The molecule has 116 valence electrons. The lowest BCUT2D eigenvalue weighted by molar-refractivity contribution is -0.127. The lowest BCUT2D eigenvalue weighted by atomic mass is 10.2. The van der Waals surface area contributed by atoms with Crippen molar-refractivity contribution in [2.75, 3.05) is 27.4 Å². The zero-order valence-electron chi connectivity index (χ0n) is 12.1. The van der Waals surface area contributed by atoms with Gasteiger partial charge in [-0.3, -0.25) is 4.79 Å². The predicted molar refractivity (Wildman–Crippen MR) is 77.8 cm³/mol. The van der Waals surface area contributed by atoms with Crippen LogP contribution in [0, 0.1) is 0 Å². The summed E-state index contributed by atoms with van der Waals surface area (Å²) in [6, 6.07) is 4.52. The van der Waals surface area contributed by atoms with E-state index < -0.39 is 12.1 Å². The summed E-state index contributed by atoms with van der Waals surface area (Å²) in [5.74, 6) is -0.655. The highest BCUT2D eigenvalue weighted by molar-refractivity contribution is 6.31. The summed E-state index contributed by atoms with van der Waals surface area (Å²) < 4.78 is 15.0. The first-order valence-electron chi connectivity index (χ1n) is 6.30. The molecule has 0 saturated carbocycles. The molecule has 1 rings (SSSR count). The summed E-state index contributed by atoms with van der Waals surface area (Å²) in [6.07, 6.45) is -0.772. The Kier molecular flexibility index (Phi) is 6.98. The molecule has 6 nitrogen and oxygen atoms in total. The Morgan fingerprint density at radius 3 is 2.67 bits per heavy atom. The number of hydrogen-bond donors (Lipinski definition) is 1. The fourth-order valence-corrected chi connectivity index (χ4v) is 1.71. The minimum absolute atomic E-state index is 0.168. The van der Waals surface area contributed by atoms with Crippen molar-refractivity contribution in [2.24, 2.45) is 0 Å². The second kappa shape index (κ2) is 8.49. The number of nitrogens with one attached hydrogen (secondary N) is 1. The molecular weight excluding hydrogens is 298 g/mol. The van der Waals surface area contributed by atoms with E-state index >= 15 is 0 Å². The molecule has 1 unspecified atom stereocenters. The molecule has 0 radical (unpaired) electrons. The van der Waals surface area contributed by atoms with Gasteiger partial charge >= 0.3 is 5.97 Å². The van der Waals surface area contributed by atoms with Gasteiger partial charge in [0, 0.05) is 18.7 Å². The maximum atomic E-state index is 11.8. The summed E-state index contributed by atoms with van der Waals surface area (Å²) in [5.41, 5.74) is 0.168. The van der Waals surface area contributed by atoms with Gasteiger partial charge in [-0.05, 0) is 25.1 Å². The minimum atomic E-state index is -0.772. The van der Waals surface area contributed by atoms with Crippen LogP contribution in [-0.4, -0.2) is 45.4 Å². The minimum Gasteiger partial charge on any atom is -0.480 e. The smallest absolute Gasteiger partial charge is 0.341 e. The molecular formula is C14H18ClNO5. The molecule has 7 heteroatoms. The van der Waals surface area contributed by atoms with Crippen molar-refractivity contribution in [1.29, 1.82) is 0 Å². The second-order valence-electron chi connectivity index (χ2n) is 4.18. The predicted octanol–water partition coefficient (Wildman–Crippen LogP) is 1.66. The average molecular weight is 316 g/mol. The molecule has 0 aliphatic rings. The largest absolute Gasteiger partial charge is 0.480 e. The summed E-state index contributed by atoms with van der Waals surface area (Å²) in [7, 11) is 2.80. The summed E-state index contributed by atoms with van der Waals surface area (Å²) >= 11 is 5.84. The lowest BCUT2D eigenvalue weighted by Gasteiger charge is -2.16. The van der Waals surface area contributed by atoms with Crippen LogP contribution in [0.5, 0.6) is 5.75 Å². The van der Waals surface area contributed by atoms with Gasteiger partial charge in [0.05, 0.1) is 13.7 Å². The number of methoxy groups -OCH3 is 2. The van der Waals surface area contributed by atoms with E-state index in [2.05, 4.69) is 10.1 Å². The Balaban J connectivity index is 2.77. The highest BCUT2D eigenvalue weighted by Gasteiger charge is 2.19. The highest BCUT2D eigenvalue weighted by atomic mass is 35.5. The Morgan fingerprint density at radius 1 is 1.33 bits per heavy atom. The Bertz CT molecular complexity index is 506. The zero-order chi connectivity index (χ0) is 15.8. The monoisotopic (exact) mass is 315 g/mol. The Labute approximate surface area is 128 Å². The number of hydrogen-bond acceptors (Lipinski definition) is 5. The van der Waals surface area contributed by atoms with E-state index in [1.807, 2.05) is 0 Å². The van der Waals surface area contributed by atoms with Crippen LogP contribution in [0.15, 0.2) is 18.2 Å². The van der Waals surface area contributed by atoms with Gasteiger partial charge in [0.15, 0.2) is 6.10 Å². The topological polar surface area (TPSA) is 73.9 Å². The molecule has 0 bridgehead atoms. The molecule has 21 heavy (non-hydrogen) atoms. The molecule has 1 amide bonds. The molecule has 1 aromatic rings. The quantitative estimate of drug-likeness (QED) is 0.612. The van der Waals surface area contributed by atoms with Crippen molar-refractivity contribution in [3.63, 3.8) is 0 Å². The molecule has 1 atom stereocenters. The number of halogens is 1. The number of rotatable bonds is 7. The SMILES string of the molecule is COCCNC(=O)C(C)Oc1ccc(Cl)cc1C(=O)OC. The van der Waals surface area contributed by atoms with E-state index in [4.69, 9.17) is 21.1 Å². The number of carbonyl (C=O) groups is 2. The lowest BCUT2D eigenvalue weighted by Crippen LogP contribution is -2.38. The van der Waals surface area contributed by atoms with Gasteiger partial charge in [-0.15, -0.1) is 0 Å². The normalized spacial score (nSPS) is 11.6. The van der Waals surface area contributed by atoms with E-state index in [9.17, 15) is 9.59 Å². The van der Waals surface area contributed by atoms with Gasteiger partial charge in [0.1, 0.15) is 11.3 Å². The van der Waals surface area contributed by atoms with Gasteiger partial charge in [-0.1, -0.05) is 11.6 Å². The second-order valence-corrected chi connectivity index (χ2v) is 4.61. The van der Waals surface area contributed by atoms with Crippen molar-refractivity contribution in [3.05, 3.63) is 28.8 Å². The van der Waals surface area contributed by atoms with Crippen LogP contribution in [0.4, 0.5) is 0 Å². The van der Waals surface area contributed by atoms with Crippen molar-refractivity contribution in [2.45, 2.75) is 13.0 Å². The standard InChI is InChI=1S/C14H18ClNO5/c1-9(13(17)16-6-7-19-2)21-12-5-4-10(15)8-11(12)14(18)20-3/h4-5,8-9H,6-7H2,1-3H3,(H,16,17). The molecule has 0 heterocycles. The van der Waals surface area contributed by atoms with Crippen LogP contribution in [0.2, 0.25) is 5.02 Å². The Morgan fingerprint density at radius 2 is 2.05 bits per heavy atom. The first-order valence-corrected chi connectivity index (χ1v) is 6.68.